The third kappa shape index (κ3) is 3.34. The van der Waals surface area contributed by atoms with Crippen LogP contribution in [-0.4, -0.2) is 11.2 Å². The summed E-state index contributed by atoms with van der Waals surface area (Å²) in [6.45, 7) is 6.18. The van der Waals surface area contributed by atoms with Crippen LogP contribution in [0.5, 0.6) is 0 Å². The van der Waals surface area contributed by atoms with E-state index in [-0.39, 0.29) is 0 Å². The Hall–Kier alpha value is -1.09. The van der Waals surface area contributed by atoms with Crippen LogP contribution in [0.2, 0.25) is 0 Å². The van der Waals surface area contributed by atoms with E-state index in [0.29, 0.717) is 11.2 Å². The van der Waals surface area contributed by atoms with Crippen molar-refractivity contribution in [3.05, 3.63) is 29.8 Å². The first kappa shape index (κ1) is 11.0. The van der Waals surface area contributed by atoms with Crippen molar-refractivity contribution >= 4 is 23.0 Å². The van der Waals surface area contributed by atoms with Crippen LogP contribution in [0.1, 0.15) is 19.4 Å². The van der Waals surface area contributed by atoms with Gasteiger partial charge in [0.1, 0.15) is 0 Å². The number of aryl methyl sites for hydroxylation is 1. The smallest absolute Gasteiger partial charge is 0.170 e. The van der Waals surface area contributed by atoms with Crippen LogP contribution >= 0.6 is 12.2 Å². The largest absolute Gasteiger partial charge is 0.360 e. The van der Waals surface area contributed by atoms with Gasteiger partial charge in [-0.3, -0.25) is 0 Å². The molecule has 0 saturated heterocycles. The minimum absolute atomic E-state index is 0.360. The Balaban J connectivity index is 2.61. The van der Waals surface area contributed by atoms with Crippen molar-refractivity contribution in [2.24, 2.45) is 0 Å². The fourth-order valence-corrected chi connectivity index (χ4v) is 1.48. The second-order valence-electron chi connectivity index (χ2n) is 3.57. The van der Waals surface area contributed by atoms with Gasteiger partial charge in [-0.2, -0.15) is 0 Å². The number of benzene rings is 1. The molecule has 0 aliphatic rings. The van der Waals surface area contributed by atoms with E-state index in [1.54, 1.807) is 0 Å². The third-order valence-corrected chi connectivity index (χ3v) is 2.03. The molecule has 76 valence electrons. The van der Waals surface area contributed by atoms with E-state index in [9.17, 15) is 0 Å². The lowest BCUT2D eigenvalue weighted by molar-refractivity contribution is 0.739. The topological polar surface area (TPSA) is 24.1 Å². The average Bonchev–Trinajstić information content (AvgIpc) is 2.07. The summed E-state index contributed by atoms with van der Waals surface area (Å²) in [5.74, 6) is 0. The van der Waals surface area contributed by atoms with Gasteiger partial charge in [0, 0.05) is 11.7 Å². The summed E-state index contributed by atoms with van der Waals surface area (Å²) >= 11 is 5.15. The maximum atomic E-state index is 5.15. The zero-order valence-electron chi connectivity index (χ0n) is 8.79. The molecule has 1 aromatic carbocycles. The SMILES string of the molecule is Cc1ccccc1NC(=S)NC(C)C. The predicted octanol–water partition coefficient (Wildman–Crippen LogP) is 2.69. The first-order chi connectivity index (χ1) is 6.59. The second-order valence-corrected chi connectivity index (χ2v) is 3.98. The number of rotatable bonds is 2. The van der Waals surface area contributed by atoms with Crippen LogP contribution in [0, 0.1) is 6.92 Å². The first-order valence-corrected chi connectivity index (χ1v) is 5.13. The fraction of sp³-hybridized carbons (Fsp3) is 0.364. The molecule has 0 heterocycles. The molecule has 0 radical (unpaired) electrons. The summed E-state index contributed by atoms with van der Waals surface area (Å²) in [7, 11) is 0. The number of nitrogens with one attached hydrogen (secondary N) is 2. The highest BCUT2D eigenvalue weighted by molar-refractivity contribution is 7.80. The monoisotopic (exact) mass is 208 g/mol. The van der Waals surface area contributed by atoms with Crippen LogP contribution in [-0.2, 0) is 0 Å². The lowest BCUT2D eigenvalue weighted by atomic mass is 10.2. The number of hydrogen-bond donors (Lipinski definition) is 2. The highest BCUT2D eigenvalue weighted by Gasteiger charge is 2.00. The molecule has 0 aliphatic heterocycles. The van der Waals surface area contributed by atoms with Gasteiger partial charge >= 0.3 is 0 Å². The van der Waals surface area contributed by atoms with E-state index in [2.05, 4.69) is 37.5 Å². The highest BCUT2D eigenvalue weighted by Crippen LogP contribution is 2.12. The minimum Gasteiger partial charge on any atom is -0.360 e. The van der Waals surface area contributed by atoms with Crippen molar-refractivity contribution in [2.45, 2.75) is 26.8 Å². The van der Waals surface area contributed by atoms with Gasteiger partial charge in [0.05, 0.1) is 0 Å². The van der Waals surface area contributed by atoms with Gasteiger partial charge in [-0.05, 0) is 44.6 Å². The van der Waals surface area contributed by atoms with Gasteiger partial charge in [-0.25, -0.2) is 0 Å². The number of anilines is 1. The Kier molecular flexibility index (Phi) is 3.89. The zero-order chi connectivity index (χ0) is 10.6. The van der Waals surface area contributed by atoms with E-state index in [1.807, 2.05) is 18.2 Å². The molecule has 0 amide bonds. The molecule has 1 rings (SSSR count). The van der Waals surface area contributed by atoms with Crippen molar-refractivity contribution in [2.75, 3.05) is 5.32 Å². The molecule has 0 fully saturated rings. The number of hydrogen-bond acceptors (Lipinski definition) is 1. The molecule has 0 bridgehead atoms. The van der Waals surface area contributed by atoms with Gasteiger partial charge in [-0.1, -0.05) is 18.2 Å². The normalized spacial score (nSPS) is 10.0. The van der Waals surface area contributed by atoms with Crippen molar-refractivity contribution in [3.63, 3.8) is 0 Å². The lowest BCUT2D eigenvalue weighted by Crippen LogP contribution is -2.34. The van der Waals surface area contributed by atoms with E-state index < -0.39 is 0 Å². The van der Waals surface area contributed by atoms with Crippen molar-refractivity contribution < 1.29 is 0 Å². The van der Waals surface area contributed by atoms with Gasteiger partial charge in [0.25, 0.3) is 0 Å². The maximum absolute atomic E-state index is 5.15. The van der Waals surface area contributed by atoms with E-state index >= 15 is 0 Å². The Morgan fingerprint density at radius 2 is 1.93 bits per heavy atom. The molecular formula is C11H16N2S. The summed E-state index contributed by atoms with van der Waals surface area (Å²) < 4.78 is 0. The van der Waals surface area contributed by atoms with E-state index in [4.69, 9.17) is 12.2 Å². The average molecular weight is 208 g/mol. The highest BCUT2D eigenvalue weighted by atomic mass is 32.1. The summed E-state index contributed by atoms with van der Waals surface area (Å²) in [5.41, 5.74) is 2.26. The molecule has 0 aliphatic carbocycles. The van der Waals surface area contributed by atoms with Crippen LogP contribution < -0.4 is 10.6 Å². The Bertz CT molecular complexity index is 321. The molecule has 3 heteroatoms. The van der Waals surface area contributed by atoms with Crippen LogP contribution in [0.3, 0.4) is 0 Å². The van der Waals surface area contributed by atoms with Crippen LogP contribution in [0.25, 0.3) is 0 Å². The minimum atomic E-state index is 0.360. The molecule has 0 spiro atoms. The number of thiocarbonyl (C=S) groups is 1. The maximum Gasteiger partial charge on any atom is 0.170 e. The summed E-state index contributed by atoms with van der Waals surface area (Å²) in [4.78, 5) is 0. The lowest BCUT2D eigenvalue weighted by Gasteiger charge is -2.14. The van der Waals surface area contributed by atoms with Gasteiger partial charge in [0.2, 0.25) is 0 Å². The summed E-state index contributed by atoms with van der Waals surface area (Å²) in [5, 5.41) is 6.98. The molecule has 0 aromatic heterocycles. The quantitative estimate of drug-likeness (QED) is 0.731. The van der Waals surface area contributed by atoms with E-state index in [1.165, 1.54) is 5.56 Å². The van der Waals surface area contributed by atoms with Crippen molar-refractivity contribution in [1.82, 2.24) is 5.32 Å². The van der Waals surface area contributed by atoms with Crippen molar-refractivity contribution in [3.8, 4) is 0 Å². The molecule has 2 nitrogen and oxygen atoms in total. The first-order valence-electron chi connectivity index (χ1n) is 4.72. The molecule has 0 atom stereocenters. The summed E-state index contributed by atoms with van der Waals surface area (Å²) in [6.07, 6.45) is 0. The van der Waals surface area contributed by atoms with Crippen molar-refractivity contribution in [1.29, 1.82) is 0 Å². The summed E-state index contributed by atoms with van der Waals surface area (Å²) in [6, 6.07) is 8.44. The number of para-hydroxylation sites is 1. The Morgan fingerprint density at radius 1 is 1.29 bits per heavy atom. The molecule has 14 heavy (non-hydrogen) atoms. The molecule has 0 unspecified atom stereocenters. The Morgan fingerprint density at radius 3 is 2.50 bits per heavy atom. The standard InChI is InChI=1S/C11H16N2S/c1-8(2)12-11(14)13-10-7-5-4-6-9(10)3/h4-8H,1-3H3,(H2,12,13,14). The molecule has 1 aromatic rings. The fourth-order valence-electron chi connectivity index (χ4n) is 1.13. The van der Waals surface area contributed by atoms with Gasteiger partial charge in [-0.15, -0.1) is 0 Å². The zero-order valence-corrected chi connectivity index (χ0v) is 9.61. The molecular weight excluding hydrogens is 192 g/mol. The van der Waals surface area contributed by atoms with Crippen LogP contribution in [0.4, 0.5) is 5.69 Å². The predicted molar refractivity (Wildman–Crippen MR) is 65.7 cm³/mol. The van der Waals surface area contributed by atoms with Gasteiger partial charge in [0.15, 0.2) is 5.11 Å². The van der Waals surface area contributed by atoms with Crippen LogP contribution in [0.15, 0.2) is 24.3 Å². The second kappa shape index (κ2) is 4.96. The Labute approximate surface area is 90.7 Å². The van der Waals surface area contributed by atoms with Gasteiger partial charge < -0.3 is 10.6 Å². The van der Waals surface area contributed by atoms with E-state index in [0.717, 1.165) is 5.69 Å². The molecule has 0 saturated carbocycles. The third-order valence-electron chi connectivity index (χ3n) is 1.81. The molecule has 2 N–H and O–H groups in total.